The summed E-state index contributed by atoms with van der Waals surface area (Å²) < 4.78 is 27.6. The predicted molar refractivity (Wildman–Crippen MR) is 97.4 cm³/mol. The number of piperazine rings is 1. The Bertz CT molecular complexity index is 595. The van der Waals surface area contributed by atoms with Crippen LogP contribution in [0.15, 0.2) is 16.3 Å². The molecule has 0 unspecified atom stereocenters. The van der Waals surface area contributed by atoms with Crippen LogP contribution >= 0.6 is 35.3 Å². The lowest BCUT2D eigenvalue weighted by Gasteiger charge is -2.36. The van der Waals surface area contributed by atoms with E-state index in [1.165, 1.54) is 12.8 Å². The highest BCUT2D eigenvalue weighted by Crippen LogP contribution is 2.28. The minimum atomic E-state index is -3.37. The van der Waals surface area contributed by atoms with Gasteiger partial charge < -0.3 is 10.2 Å². The minimum absolute atomic E-state index is 0. The van der Waals surface area contributed by atoms with Crippen molar-refractivity contribution in [2.45, 2.75) is 17.1 Å². The smallest absolute Gasteiger partial charge is 0.252 e. The molecule has 2 saturated heterocycles. The highest BCUT2D eigenvalue weighted by molar-refractivity contribution is 7.91. The summed E-state index contributed by atoms with van der Waals surface area (Å²) in [5, 5.41) is 3.38. The monoisotopic (exact) mass is 399 g/mol. The molecular weight excluding hydrogens is 377 g/mol. The molecule has 0 radical (unpaired) electrons. The van der Waals surface area contributed by atoms with Gasteiger partial charge in [0.15, 0.2) is 0 Å². The zero-order chi connectivity index (χ0) is 15.6. The van der Waals surface area contributed by atoms with Crippen LogP contribution in [0.1, 0.15) is 12.8 Å². The molecular formula is C14H23Cl2N3O2S2. The van der Waals surface area contributed by atoms with Crippen molar-refractivity contribution in [1.82, 2.24) is 14.5 Å². The summed E-state index contributed by atoms with van der Waals surface area (Å²) in [6, 6.07) is 3.25. The topological polar surface area (TPSA) is 52.7 Å². The first-order valence-electron chi connectivity index (χ1n) is 7.74. The van der Waals surface area contributed by atoms with Crippen LogP contribution in [0.3, 0.4) is 0 Å². The van der Waals surface area contributed by atoms with Gasteiger partial charge in [0.1, 0.15) is 4.21 Å². The molecule has 0 aliphatic carbocycles. The van der Waals surface area contributed by atoms with Gasteiger partial charge in [0.2, 0.25) is 0 Å². The average Bonchev–Trinajstić information content (AvgIpc) is 2.96. The summed E-state index contributed by atoms with van der Waals surface area (Å²) >= 11 is 6.99. The summed E-state index contributed by atoms with van der Waals surface area (Å²) in [5.41, 5.74) is 0. The quantitative estimate of drug-likeness (QED) is 0.842. The second kappa shape index (κ2) is 8.47. The predicted octanol–water partition coefficient (Wildman–Crippen LogP) is 2.13. The maximum Gasteiger partial charge on any atom is 0.252 e. The molecule has 3 rings (SSSR count). The Balaban J connectivity index is 0.00000192. The van der Waals surface area contributed by atoms with Gasteiger partial charge in [-0.3, -0.25) is 0 Å². The fraction of sp³-hybridized carbons (Fsp3) is 0.714. The van der Waals surface area contributed by atoms with Crippen LogP contribution in [0.5, 0.6) is 0 Å². The van der Waals surface area contributed by atoms with Gasteiger partial charge in [-0.25, -0.2) is 8.42 Å². The van der Waals surface area contributed by atoms with Crippen molar-refractivity contribution in [3.8, 4) is 0 Å². The third-order valence-electron chi connectivity index (χ3n) is 4.45. The molecule has 3 heterocycles. The van der Waals surface area contributed by atoms with Crippen molar-refractivity contribution in [3.05, 3.63) is 16.5 Å². The number of sulfonamides is 1. The van der Waals surface area contributed by atoms with Crippen LogP contribution in [0, 0.1) is 5.92 Å². The first-order valence-corrected chi connectivity index (χ1v) is 10.4. The molecule has 1 N–H and O–H groups in total. The van der Waals surface area contributed by atoms with E-state index in [2.05, 4.69) is 10.2 Å². The van der Waals surface area contributed by atoms with Crippen molar-refractivity contribution >= 4 is 45.4 Å². The van der Waals surface area contributed by atoms with Crippen LogP contribution in [0.2, 0.25) is 4.34 Å². The van der Waals surface area contributed by atoms with E-state index in [0.29, 0.717) is 21.6 Å². The van der Waals surface area contributed by atoms with Crippen molar-refractivity contribution in [1.29, 1.82) is 0 Å². The van der Waals surface area contributed by atoms with Crippen LogP contribution in [-0.4, -0.2) is 63.4 Å². The molecule has 0 bridgehead atoms. The molecule has 2 aliphatic heterocycles. The van der Waals surface area contributed by atoms with Gasteiger partial charge in [-0.1, -0.05) is 11.6 Å². The van der Waals surface area contributed by atoms with Crippen molar-refractivity contribution in [3.63, 3.8) is 0 Å². The summed E-state index contributed by atoms with van der Waals surface area (Å²) in [5.74, 6) is 0.750. The van der Waals surface area contributed by atoms with E-state index < -0.39 is 10.0 Å². The van der Waals surface area contributed by atoms with Crippen molar-refractivity contribution in [2.24, 2.45) is 5.92 Å². The number of thiophene rings is 1. The molecule has 1 aromatic rings. The second-order valence-corrected chi connectivity index (χ2v) is 9.84. The number of nitrogens with one attached hydrogen (secondary N) is 1. The second-order valence-electron chi connectivity index (χ2n) is 5.96. The van der Waals surface area contributed by atoms with E-state index in [4.69, 9.17) is 11.6 Å². The lowest BCUT2D eigenvalue weighted by molar-refractivity contribution is 0.152. The number of rotatable bonds is 4. The molecule has 0 spiro atoms. The largest absolute Gasteiger partial charge is 0.317 e. The number of hydrogen-bond acceptors (Lipinski definition) is 5. The number of hydrogen-bond donors (Lipinski definition) is 1. The number of piperidine rings is 1. The summed E-state index contributed by atoms with van der Waals surface area (Å²) in [6.07, 6.45) is 2.46. The molecule has 0 saturated carbocycles. The van der Waals surface area contributed by atoms with E-state index in [1.807, 2.05) is 0 Å². The molecule has 2 fully saturated rings. The molecule has 9 heteroatoms. The standard InChI is InChI=1S/C14H22ClN3O2S2.ClH/c15-13-1-2-14(21-13)22(19,20)18-9-7-17(8-10-18)11-12-3-5-16-6-4-12;/h1-2,12,16H,3-11H2;1H. The van der Waals surface area contributed by atoms with Gasteiger partial charge in [0.05, 0.1) is 4.34 Å². The zero-order valence-electron chi connectivity index (χ0n) is 12.9. The first-order chi connectivity index (χ1) is 10.6. The molecule has 132 valence electrons. The summed E-state index contributed by atoms with van der Waals surface area (Å²) in [6.45, 7) is 6.10. The van der Waals surface area contributed by atoms with Crippen LogP contribution in [-0.2, 0) is 10.0 Å². The fourth-order valence-corrected chi connectivity index (χ4v) is 6.20. The molecule has 5 nitrogen and oxygen atoms in total. The average molecular weight is 400 g/mol. The van der Waals surface area contributed by atoms with E-state index in [-0.39, 0.29) is 12.4 Å². The maximum atomic E-state index is 12.5. The Hall–Kier alpha value is 0.110. The number of nitrogens with zero attached hydrogens (tertiary/aromatic N) is 2. The third-order valence-corrected chi connectivity index (χ3v) is 8.05. The summed E-state index contributed by atoms with van der Waals surface area (Å²) in [4.78, 5) is 2.41. The fourth-order valence-electron chi connectivity index (χ4n) is 3.15. The highest BCUT2D eigenvalue weighted by atomic mass is 35.5. The Morgan fingerprint density at radius 1 is 1.17 bits per heavy atom. The Kier molecular flexibility index (Phi) is 7.16. The Labute approximate surface area is 153 Å². The van der Waals surface area contributed by atoms with Crippen LogP contribution < -0.4 is 5.32 Å². The maximum absolute atomic E-state index is 12.5. The SMILES string of the molecule is Cl.O=S(=O)(c1ccc(Cl)s1)N1CCN(CC2CCNCC2)CC1. The van der Waals surface area contributed by atoms with Gasteiger partial charge in [-0.05, 0) is 44.0 Å². The van der Waals surface area contributed by atoms with E-state index in [9.17, 15) is 8.42 Å². The molecule has 2 aliphatic rings. The van der Waals surface area contributed by atoms with E-state index >= 15 is 0 Å². The molecule has 0 amide bonds. The lowest BCUT2D eigenvalue weighted by Crippen LogP contribution is -2.50. The van der Waals surface area contributed by atoms with Crippen LogP contribution in [0.4, 0.5) is 0 Å². The van der Waals surface area contributed by atoms with E-state index in [1.54, 1.807) is 16.4 Å². The van der Waals surface area contributed by atoms with Crippen molar-refractivity contribution in [2.75, 3.05) is 45.8 Å². The van der Waals surface area contributed by atoms with Crippen LogP contribution in [0.25, 0.3) is 0 Å². The molecule has 0 atom stereocenters. The van der Waals surface area contributed by atoms with Crippen molar-refractivity contribution < 1.29 is 8.42 Å². The third kappa shape index (κ3) is 4.81. The van der Waals surface area contributed by atoms with Gasteiger partial charge in [0.25, 0.3) is 10.0 Å². The van der Waals surface area contributed by atoms with Gasteiger partial charge in [-0.2, -0.15) is 4.31 Å². The lowest BCUT2D eigenvalue weighted by atomic mass is 9.97. The highest BCUT2D eigenvalue weighted by Gasteiger charge is 2.30. The minimum Gasteiger partial charge on any atom is -0.317 e. The first kappa shape index (κ1) is 19.4. The Morgan fingerprint density at radius 2 is 1.83 bits per heavy atom. The van der Waals surface area contributed by atoms with Gasteiger partial charge >= 0.3 is 0 Å². The number of halogens is 2. The molecule has 0 aromatic carbocycles. The zero-order valence-corrected chi connectivity index (χ0v) is 16.1. The van der Waals surface area contributed by atoms with E-state index in [0.717, 1.165) is 50.0 Å². The Morgan fingerprint density at radius 3 is 2.39 bits per heavy atom. The molecule has 1 aromatic heterocycles. The summed E-state index contributed by atoms with van der Waals surface area (Å²) in [7, 11) is -3.37. The normalized spacial score (nSPS) is 22.0. The molecule has 23 heavy (non-hydrogen) atoms. The van der Waals surface area contributed by atoms with Gasteiger partial charge in [-0.15, -0.1) is 23.7 Å². The van der Waals surface area contributed by atoms with Gasteiger partial charge in [0, 0.05) is 32.7 Å².